The predicted octanol–water partition coefficient (Wildman–Crippen LogP) is 1.44. The minimum Gasteiger partial charge on any atom is -0.309 e. The Balaban J connectivity index is 1.47. The second kappa shape index (κ2) is 6.63. The van der Waals surface area contributed by atoms with Gasteiger partial charge in [-0.2, -0.15) is 14.5 Å². The molecule has 0 atom stereocenters. The van der Waals surface area contributed by atoms with Gasteiger partial charge in [-0.25, -0.2) is 9.48 Å². The summed E-state index contributed by atoms with van der Waals surface area (Å²) in [7, 11) is 0. The minimum atomic E-state index is -0.443. The van der Waals surface area contributed by atoms with E-state index in [-0.39, 0.29) is 12.5 Å². The normalized spacial score (nSPS) is 14.9. The van der Waals surface area contributed by atoms with E-state index >= 15 is 0 Å². The number of nitrogens with zero attached hydrogens (tertiary/aromatic N) is 6. The monoisotopic (exact) mass is 359 g/mol. The number of aromatic nitrogens is 6. The van der Waals surface area contributed by atoms with Crippen LogP contribution in [0, 0.1) is 0 Å². The SMILES string of the molecule is O=C(Cn1nnn(-c2cccs2)c1=O)Nc1ccnn1C1CCCC1. The van der Waals surface area contributed by atoms with E-state index in [0.717, 1.165) is 17.5 Å². The van der Waals surface area contributed by atoms with Crippen LogP contribution in [0.1, 0.15) is 31.7 Å². The summed E-state index contributed by atoms with van der Waals surface area (Å²) < 4.78 is 4.09. The van der Waals surface area contributed by atoms with Gasteiger partial charge in [0, 0.05) is 6.07 Å². The van der Waals surface area contributed by atoms with E-state index in [9.17, 15) is 9.59 Å². The van der Waals surface area contributed by atoms with Crippen molar-refractivity contribution in [2.24, 2.45) is 0 Å². The van der Waals surface area contributed by atoms with Crippen LogP contribution < -0.4 is 11.0 Å². The number of rotatable bonds is 5. The molecular formula is C15H17N7O2S. The molecule has 0 aliphatic heterocycles. The lowest BCUT2D eigenvalue weighted by Crippen LogP contribution is -2.30. The third-order valence-electron chi connectivity index (χ3n) is 4.26. The number of carbonyl (C=O) groups excluding carboxylic acids is 1. The van der Waals surface area contributed by atoms with Gasteiger partial charge in [0.1, 0.15) is 17.4 Å². The maximum atomic E-state index is 12.3. The highest BCUT2D eigenvalue weighted by molar-refractivity contribution is 7.12. The lowest BCUT2D eigenvalue weighted by atomic mass is 10.2. The smallest absolute Gasteiger partial charge is 0.309 e. The molecule has 0 unspecified atom stereocenters. The Morgan fingerprint density at radius 3 is 2.88 bits per heavy atom. The van der Waals surface area contributed by atoms with Crippen LogP contribution in [0.3, 0.4) is 0 Å². The Labute approximate surface area is 146 Å². The number of anilines is 1. The van der Waals surface area contributed by atoms with Crippen LogP contribution in [0.4, 0.5) is 5.82 Å². The first-order chi connectivity index (χ1) is 12.2. The number of tetrazole rings is 1. The molecule has 3 heterocycles. The van der Waals surface area contributed by atoms with Crippen molar-refractivity contribution in [3.63, 3.8) is 0 Å². The fourth-order valence-corrected chi connectivity index (χ4v) is 3.74. The largest absolute Gasteiger partial charge is 0.369 e. The van der Waals surface area contributed by atoms with E-state index in [0.29, 0.717) is 16.9 Å². The number of amides is 1. The first kappa shape index (κ1) is 15.8. The van der Waals surface area contributed by atoms with Crippen LogP contribution in [0.25, 0.3) is 5.00 Å². The van der Waals surface area contributed by atoms with Crippen molar-refractivity contribution in [3.8, 4) is 5.00 Å². The van der Waals surface area contributed by atoms with Gasteiger partial charge < -0.3 is 5.32 Å². The highest BCUT2D eigenvalue weighted by Crippen LogP contribution is 2.31. The van der Waals surface area contributed by atoms with Gasteiger partial charge >= 0.3 is 5.69 Å². The molecular weight excluding hydrogens is 342 g/mol. The molecule has 3 aromatic rings. The molecule has 10 heteroatoms. The van der Waals surface area contributed by atoms with Gasteiger partial charge in [0.2, 0.25) is 5.91 Å². The van der Waals surface area contributed by atoms with Crippen molar-refractivity contribution in [2.45, 2.75) is 38.3 Å². The predicted molar refractivity (Wildman–Crippen MR) is 91.9 cm³/mol. The summed E-state index contributed by atoms with van der Waals surface area (Å²) in [6, 6.07) is 5.68. The Morgan fingerprint density at radius 1 is 1.28 bits per heavy atom. The molecule has 0 aromatic carbocycles. The second-order valence-electron chi connectivity index (χ2n) is 5.93. The molecule has 9 nitrogen and oxygen atoms in total. The van der Waals surface area contributed by atoms with E-state index in [2.05, 4.69) is 20.8 Å². The zero-order valence-electron chi connectivity index (χ0n) is 13.4. The molecule has 1 fully saturated rings. The number of hydrogen-bond donors (Lipinski definition) is 1. The highest BCUT2D eigenvalue weighted by Gasteiger charge is 2.21. The Morgan fingerprint density at radius 2 is 2.12 bits per heavy atom. The van der Waals surface area contributed by atoms with Gasteiger partial charge in [0.15, 0.2) is 0 Å². The molecule has 130 valence electrons. The van der Waals surface area contributed by atoms with E-state index < -0.39 is 5.69 Å². The summed E-state index contributed by atoms with van der Waals surface area (Å²) in [5, 5.41) is 17.2. The van der Waals surface area contributed by atoms with Gasteiger partial charge in [-0.05, 0) is 40.8 Å². The third-order valence-corrected chi connectivity index (χ3v) is 5.10. The molecule has 4 rings (SSSR count). The summed E-state index contributed by atoms with van der Waals surface area (Å²) in [4.78, 5) is 24.6. The van der Waals surface area contributed by atoms with Crippen molar-refractivity contribution in [1.29, 1.82) is 0 Å². The van der Waals surface area contributed by atoms with Gasteiger partial charge in [-0.15, -0.1) is 11.3 Å². The summed E-state index contributed by atoms with van der Waals surface area (Å²) in [6.45, 7) is -0.194. The molecule has 1 aliphatic carbocycles. The number of carbonyl (C=O) groups is 1. The van der Waals surface area contributed by atoms with Crippen LogP contribution in [-0.4, -0.2) is 35.5 Å². The number of nitrogens with one attached hydrogen (secondary N) is 1. The second-order valence-corrected chi connectivity index (χ2v) is 6.86. The molecule has 1 aliphatic rings. The summed E-state index contributed by atoms with van der Waals surface area (Å²) in [5.74, 6) is 0.315. The quantitative estimate of drug-likeness (QED) is 0.743. The first-order valence-electron chi connectivity index (χ1n) is 8.12. The van der Waals surface area contributed by atoms with Crippen molar-refractivity contribution in [3.05, 3.63) is 40.3 Å². The minimum absolute atomic E-state index is 0.194. The molecule has 1 saturated carbocycles. The lowest BCUT2D eigenvalue weighted by molar-refractivity contribution is -0.117. The van der Waals surface area contributed by atoms with Crippen molar-refractivity contribution in [2.75, 3.05) is 5.32 Å². The average Bonchev–Trinajstić information content (AvgIpc) is 3.34. The molecule has 1 N–H and O–H groups in total. The van der Waals surface area contributed by atoms with E-state index in [4.69, 9.17) is 0 Å². The summed E-state index contributed by atoms with van der Waals surface area (Å²) >= 11 is 1.38. The standard InChI is InChI=1S/C15H17N7O2S/c23-13(17-12-7-8-16-21(12)11-4-1-2-5-11)10-20-15(24)22(19-18-20)14-6-3-9-25-14/h3,6-9,11H,1-2,4-5,10H2,(H,17,23). The molecule has 0 spiro atoms. The summed E-state index contributed by atoms with van der Waals surface area (Å²) in [6.07, 6.45) is 6.17. The first-order valence-corrected chi connectivity index (χ1v) is 9.00. The van der Waals surface area contributed by atoms with Crippen LogP contribution >= 0.6 is 11.3 Å². The highest BCUT2D eigenvalue weighted by atomic mass is 32.1. The van der Waals surface area contributed by atoms with Crippen molar-refractivity contribution >= 4 is 23.1 Å². The topological polar surface area (TPSA) is 99.6 Å². The lowest BCUT2D eigenvalue weighted by Gasteiger charge is -2.14. The van der Waals surface area contributed by atoms with E-state index in [1.165, 1.54) is 28.9 Å². The Hall–Kier alpha value is -2.75. The maximum Gasteiger partial charge on any atom is 0.369 e. The third kappa shape index (κ3) is 3.12. The van der Waals surface area contributed by atoms with Crippen LogP contribution in [0.2, 0.25) is 0 Å². The van der Waals surface area contributed by atoms with Crippen LogP contribution in [0.5, 0.6) is 0 Å². The molecule has 1 amide bonds. The van der Waals surface area contributed by atoms with Crippen molar-refractivity contribution in [1.82, 2.24) is 29.6 Å². The fourth-order valence-electron chi connectivity index (χ4n) is 3.07. The maximum absolute atomic E-state index is 12.3. The van der Waals surface area contributed by atoms with Gasteiger partial charge in [-0.1, -0.05) is 12.8 Å². The number of hydrogen-bond acceptors (Lipinski definition) is 6. The molecule has 3 aromatic heterocycles. The average molecular weight is 359 g/mol. The fraction of sp³-hybridized carbons (Fsp3) is 0.400. The Bertz CT molecular complexity index is 918. The van der Waals surface area contributed by atoms with Crippen molar-refractivity contribution < 1.29 is 4.79 Å². The van der Waals surface area contributed by atoms with Gasteiger partial charge in [0.25, 0.3) is 0 Å². The van der Waals surface area contributed by atoms with Crippen LogP contribution in [-0.2, 0) is 11.3 Å². The van der Waals surface area contributed by atoms with Gasteiger partial charge in [-0.3, -0.25) is 4.79 Å². The number of thiophene rings is 1. The van der Waals surface area contributed by atoms with E-state index in [1.807, 2.05) is 16.1 Å². The molecule has 0 bridgehead atoms. The molecule has 0 saturated heterocycles. The zero-order valence-corrected chi connectivity index (χ0v) is 14.2. The van der Waals surface area contributed by atoms with Crippen LogP contribution in [0.15, 0.2) is 34.6 Å². The molecule has 0 radical (unpaired) electrons. The van der Waals surface area contributed by atoms with E-state index in [1.54, 1.807) is 18.3 Å². The zero-order chi connectivity index (χ0) is 17.2. The molecule has 25 heavy (non-hydrogen) atoms. The Kier molecular flexibility index (Phi) is 4.18. The summed E-state index contributed by atoms with van der Waals surface area (Å²) in [5.41, 5.74) is -0.443. The van der Waals surface area contributed by atoms with Gasteiger partial charge in [0.05, 0.1) is 12.2 Å².